The minimum atomic E-state index is 0. The van der Waals surface area contributed by atoms with E-state index < -0.39 is 0 Å². The number of benzene rings is 1. The fraction of sp³-hybridized carbons (Fsp3) is 0.545. The lowest BCUT2D eigenvalue weighted by Gasteiger charge is -2.20. The van der Waals surface area contributed by atoms with Crippen molar-refractivity contribution in [2.75, 3.05) is 20.1 Å². The number of guanidine groups is 1. The van der Waals surface area contributed by atoms with Crippen molar-refractivity contribution < 1.29 is 0 Å². The van der Waals surface area contributed by atoms with Crippen LogP contribution in [0.2, 0.25) is 0 Å². The van der Waals surface area contributed by atoms with Crippen molar-refractivity contribution >= 4 is 41.3 Å². The molecule has 3 rings (SSSR count). The lowest BCUT2D eigenvalue weighted by Crippen LogP contribution is -2.36. The number of likely N-dealkylation sites (tertiary alicyclic amines) is 1. The van der Waals surface area contributed by atoms with Crippen molar-refractivity contribution in [3.63, 3.8) is 0 Å². The van der Waals surface area contributed by atoms with Crippen LogP contribution in [-0.2, 0) is 26.1 Å². The second-order valence-electron chi connectivity index (χ2n) is 7.36. The Bertz CT molecular complexity index is 736. The highest BCUT2D eigenvalue weighted by molar-refractivity contribution is 14.0. The number of nitrogens with zero attached hydrogens (tertiary/aromatic N) is 3. The number of nitrogens with one attached hydrogen (secondary N) is 2. The highest BCUT2D eigenvalue weighted by Crippen LogP contribution is 2.14. The average Bonchev–Trinajstić information content (AvgIpc) is 3.04. The van der Waals surface area contributed by atoms with Gasteiger partial charge in [-0.05, 0) is 43.5 Å². The van der Waals surface area contributed by atoms with Crippen LogP contribution in [0, 0.1) is 0 Å². The second-order valence-corrected chi connectivity index (χ2v) is 8.56. The first-order chi connectivity index (χ1) is 13.8. The van der Waals surface area contributed by atoms with Gasteiger partial charge in [0.05, 0.1) is 6.54 Å². The Labute approximate surface area is 196 Å². The van der Waals surface area contributed by atoms with Gasteiger partial charge in [-0.25, -0.2) is 4.98 Å². The van der Waals surface area contributed by atoms with Crippen LogP contribution in [0.1, 0.15) is 53.6 Å². The molecule has 2 heterocycles. The summed E-state index contributed by atoms with van der Waals surface area (Å²) >= 11 is 1.76. The maximum Gasteiger partial charge on any atom is 0.191 e. The number of hydrogen-bond donors (Lipinski definition) is 2. The predicted molar refractivity (Wildman–Crippen MR) is 134 cm³/mol. The molecule has 29 heavy (non-hydrogen) atoms. The van der Waals surface area contributed by atoms with Gasteiger partial charge in [0.2, 0.25) is 0 Å². The molecule has 2 N–H and O–H groups in total. The van der Waals surface area contributed by atoms with Crippen LogP contribution in [0.15, 0.2) is 35.5 Å². The Hall–Kier alpha value is -1.19. The molecule has 160 valence electrons. The van der Waals surface area contributed by atoms with E-state index in [1.807, 2.05) is 6.20 Å². The molecular formula is C22H34IN5S. The summed E-state index contributed by atoms with van der Waals surface area (Å²) in [4.78, 5) is 12.7. The summed E-state index contributed by atoms with van der Waals surface area (Å²) in [5, 5.41) is 7.83. The van der Waals surface area contributed by atoms with Crippen molar-refractivity contribution in [2.45, 2.75) is 58.7 Å². The van der Waals surface area contributed by atoms with Gasteiger partial charge in [-0.3, -0.25) is 9.89 Å². The summed E-state index contributed by atoms with van der Waals surface area (Å²) in [5.74, 6) is 0.807. The molecule has 1 aromatic carbocycles. The summed E-state index contributed by atoms with van der Waals surface area (Å²) in [5.41, 5.74) is 2.67. The third-order valence-corrected chi connectivity index (χ3v) is 6.31. The SMILES string of the molecule is CCc1cnc(CNC(=NC)NCc2ccc(CN3CCCCCC3)cc2)s1.I. The molecule has 1 aliphatic rings. The summed E-state index contributed by atoms with van der Waals surface area (Å²) in [7, 11) is 1.80. The van der Waals surface area contributed by atoms with E-state index >= 15 is 0 Å². The van der Waals surface area contributed by atoms with E-state index in [-0.39, 0.29) is 24.0 Å². The summed E-state index contributed by atoms with van der Waals surface area (Å²) in [6.45, 7) is 7.18. The van der Waals surface area contributed by atoms with E-state index in [0.29, 0.717) is 6.54 Å². The lowest BCUT2D eigenvalue weighted by atomic mass is 10.1. The highest BCUT2D eigenvalue weighted by Gasteiger charge is 2.09. The molecule has 0 unspecified atom stereocenters. The Morgan fingerprint density at radius 3 is 2.31 bits per heavy atom. The number of rotatable bonds is 7. The van der Waals surface area contributed by atoms with Crippen molar-refractivity contribution in [3.8, 4) is 0 Å². The maximum atomic E-state index is 4.44. The topological polar surface area (TPSA) is 52.6 Å². The smallest absolute Gasteiger partial charge is 0.191 e. The minimum Gasteiger partial charge on any atom is -0.352 e. The molecule has 0 amide bonds. The normalized spacial score (nSPS) is 15.4. The summed E-state index contributed by atoms with van der Waals surface area (Å²) in [6, 6.07) is 8.98. The molecule has 5 nitrogen and oxygen atoms in total. The molecule has 7 heteroatoms. The van der Waals surface area contributed by atoms with Gasteiger partial charge in [-0.2, -0.15) is 0 Å². The fourth-order valence-corrected chi connectivity index (χ4v) is 4.28. The lowest BCUT2D eigenvalue weighted by molar-refractivity contribution is 0.277. The average molecular weight is 528 g/mol. The fourth-order valence-electron chi connectivity index (χ4n) is 3.47. The zero-order chi connectivity index (χ0) is 19.6. The van der Waals surface area contributed by atoms with Crippen LogP contribution in [0.5, 0.6) is 0 Å². The van der Waals surface area contributed by atoms with Crippen molar-refractivity contribution in [1.82, 2.24) is 20.5 Å². The molecule has 1 aromatic heterocycles. The third kappa shape index (κ3) is 8.22. The summed E-state index contributed by atoms with van der Waals surface area (Å²) < 4.78 is 0. The van der Waals surface area contributed by atoms with Crippen LogP contribution in [0.4, 0.5) is 0 Å². The van der Waals surface area contributed by atoms with Crippen molar-refractivity contribution in [3.05, 3.63) is 51.5 Å². The largest absolute Gasteiger partial charge is 0.352 e. The van der Waals surface area contributed by atoms with Crippen LogP contribution in [0.3, 0.4) is 0 Å². The molecular weight excluding hydrogens is 493 g/mol. The molecule has 0 radical (unpaired) electrons. The zero-order valence-electron chi connectivity index (χ0n) is 17.6. The highest BCUT2D eigenvalue weighted by atomic mass is 127. The van der Waals surface area contributed by atoms with Gasteiger partial charge in [0.25, 0.3) is 0 Å². The molecule has 0 atom stereocenters. The molecule has 2 aromatic rings. The van der Waals surface area contributed by atoms with E-state index in [9.17, 15) is 0 Å². The summed E-state index contributed by atoms with van der Waals surface area (Å²) in [6.07, 6.45) is 8.46. The molecule has 0 spiro atoms. The number of aryl methyl sites for hydroxylation is 1. The van der Waals surface area contributed by atoms with Gasteiger partial charge >= 0.3 is 0 Å². The number of aliphatic imine (C=N–C) groups is 1. The molecule has 0 bridgehead atoms. The van der Waals surface area contributed by atoms with E-state index in [2.05, 4.69) is 56.7 Å². The Kier molecular flexibility index (Phi) is 10.9. The van der Waals surface area contributed by atoms with E-state index in [1.165, 1.54) is 54.8 Å². The van der Waals surface area contributed by atoms with Gasteiger partial charge in [-0.15, -0.1) is 35.3 Å². The van der Waals surface area contributed by atoms with E-state index in [4.69, 9.17) is 0 Å². The maximum absolute atomic E-state index is 4.44. The van der Waals surface area contributed by atoms with Gasteiger partial charge in [-0.1, -0.05) is 44.0 Å². The first-order valence-electron chi connectivity index (χ1n) is 10.4. The quantitative estimate of drug-likeness (QED) is 0.315. The molecule has 1 saturated heterocycles. The number of aromatic nitrogens is 1. The molecule has 1 aliphatic heterocycles. The first kappa shape index (κ1) is 24.1. The van der Waals surface area contributed by atoms with Crippen LogP contribution in [0.25, 0.3) is 0 Å². The first-order valence-corrected chi connectivity index (χ1v) is 11.3. The third-order valence-electron chi connectivity index (χ3n) is 5.17. The second kappa shape index (κ2) is 13.2. The van der Waals surface area contributed by atoms with Gasteiger partial charge in [0, 0.05) is 31.2 Å². The standard InChI is InChI=1S/C22H33N5S.HI/c1-3-20-15-24-21(28-20)16-26-22(23-2)25-14-18-8-10-19(11-9-18)17-27-12-6-4-5-7-13-27;/h8-11,15H,3-7,12-14,16-17H2,1-2H3,(H2,23,25,26);1H. The zero-order valence-corrected chi connectivity index (χ0v) is 20.8. The molecule has 1 fully saturated rings. The van der Waals surface area contributed by atoms with Crippen LogP contribution < -0.4 is 10.6 Å². The molecule has 0 saturated carbocycles. The minimum absolute atomic E-state index is 0. The van der Waals surface area contributed by atoms with Crippen LogP contribution in [-0.4, -0.2) is 36.0 Å². The Balaban J connectivity index is 0.00000300. The predicted octanol–water partition coefficient (Wildman–Crippen LogP) is 4.56. The van der Waals surface area contributed by atoms with Crippen molar-refractivity contribution in [1.29, 1.82) is 0 Å². The molecule has 0 aliphatic carbocycles. The van der Waals surface area contributed by atoms with E-state index in [0.717, 1.165) is 30.5 Å². The van der Waals surface area contributed by atoms with Crippen LogP contribution >= 0.6 is 35.3 Å². The Morgan fingerprint density at radius 1 is 1.03 bits per heavy atom. The number of hydrogen-bond acceptors (Lipinski definition) is 4. The monoisotopic (exact) mass is 527 g/mol. The van der Waals surface area contributed by atoms with Gasteiger partial charge in [0.15, 0.2) is 5.96 Å². The number of halogens is 1. The van der Waals surface area contributed by atoms with Crippen molar-refractivity contribution in [2.24, 2.45) is 4.99 Å². The van der Waals surface area contributed by atoms with Gasteiger partial charge in [0.1, 0.15) is 5.01 Å². The van der Waals surface area contributed by atoms with E-state index in [1.54, 1.807) is 18.4 Å². The Morgan fingerprint density at radius 2 is 1.69 bits per heavy atom. The van der Waals surface area contributed by atoms with Gasteiger partial charge < -0.3 is 10.6 Å². The number of thiazole rings is 1.